The molecule has 0 amide bonds. The molecule has 1 aromatic carbocycles. The van der Waals surface area contributed by atoms with E-state index in [0.29, 0.717) is 13.1 Å². The number of carboxylic acids is 1. The lowest BCUT2D eigenvalue weighted by atomic mass is 10.00. The highest BCUT2D eigenvalue weighted by molar-refractivity contribution is 7.89. The molecule has 0 aromatic heterocycles. The Morgan fingerprint density at radius 2 is 1.85 bits per heavy atom. The molecule has 2 N–H and O–H groups in total. The average molecular weight is 298 g/mol. The van der Waals surface area contributed by atoms with Crippen LogP contribution in [0.3, 0.4) is 0 Å². The third-order valence-corrected chi connectivity index (χ3v) is 4.81. The van der Waals surface area contributed by atoms with Crippen molar-refractivity contribution < 1.29 is 18.3 Å². The van der Waals surface area contributed by atoms with Crippen LogP contribution in [0.15, 0.2) is 29.2 Å². The summed E-state index contributed by atoms with van der Waals surface area (Å²) in [5.41, 5.74) is 0.839. The molecule has 0 unspecified atom stereocenters. The van der Waals surface area contributed by atoms with E-state index in [0.717, 1.165) is 5.69 Å². The maximum absolute atomic E-state index is 11.9. The highest BCUT2D eigenvalue weighted by Crippen LogP contribution is 2.25. The van der Waals surface area contributed by atoms with Crippen LogP contribution in [0.2, 0.25) is 0 Å². The molecule has 1 aliphatic rings. The van der Waals surface area contributed by atoms with Crippen LogP contribution in [0.25, 0.3) is 0 Å². The van der Waals surface area contributed by atoms with Gasteiger partial charge in [0.25, 0.3) is 0 Å². The summed E-state index contributed by atoms with van der Waals surface area (Å²) in [5.74, 6) is -1.12. The summed E-state index contributed by atoms with van der Waals surface area (Å²) < 4.78 is 26.4. The van der Waals surface area contributed by atoms with E-state index >= 15 is 0 Å². The monoisotopic (exact) mass is 298 g/mol. The fraction of sp³-hybridized carbons (Fsp3) is 0.462. The second-order valence-electron chi connectivity index (χ2n) is 5.21. The minimum atomic E-state index is -3.48. The van der Waals surface area contributed by atoms with Crippen LogP contribution in [0, 0.1) is 5.92 Å². The molecule has 1 heterocycles. The molecule has 1 saturated heterocycles. The van der Waals surface area contributed by atoms with E-state index in [-0.39, 0.29) is 16.9 Å². The number of aliphatic carboxylic acids is 1. The topological polar surface area (TPSA) is 86.7 Å². The molecule has 7 heteroatoms. The van der Waals surface area contributed by atoms with Crippen molar-refractivity contribution in [3.8, 4) is 0 Å². The summed E-state index contributed by atoms with van der Waals surface area (Å²) in [4.78, 5) is 12.9. The highest BCUT2D eigenvalue weighted by Gasteiger charge is 2.32. The number of carbonyl (C=O) groups is 1. The number of rotatable bonds is 5. The number of nitrogens with one attached hydrogen (secondary N) is 1. The zero-order valence-electron chi connectivity index (χ0n) is 11.4. The van der Waals surface area contributed by atoms with Crippen molar-refractivity contribution in [2.75, 3.05) is 18.0 Å². The predicted molar refractivity (Wildman–Crippen MR) is 75.2 cm³/mol. The molecule has 1 fully saturated rings. The summed E-state index contributed by atoms with van der Waals surface area (Å²) >= 11 is 0. The molecular formula is C13H18N2O4S. The van der Waals surface area contributed by atoms with Gasteiger partial charge >= 0.3 is 5.97 Å². The Labute approximate surface area is 118 Å². The van der Waals surface area contributed by atoms with E-state index < -0.39 is 16.0 Å². The molecule has 0 saturated carbocycles. The van der Waals surface area contributed by atoms with Crippen LogP contribution in [-0.2, 0) is 14.8 Å². The summed E-state index contributed by atoms with van der Waals surface area (Å²) in [6.45, 7) is 4.45. The molecule has 0 bridgehead atoms. The molecule has 2 rings (SSSR count). The zero-order valence-corrected chi connectivity index (χ0v) is 12.2. The van der Waals surface area contributed by atoms with E-state index in [2.05, 4.69) is 4.72 Å². The minimum absolute atomic E-state index is 0.161. The Bertz CT molecular complexity index is 589. The molecule has 0 radical (unpaired) electrons. The SMILES string of the molecule is CC(C)NS(=O)(=O)c1ccc(N2CC(C(=O)O)C2)cc1. The average Bonchev–Trinajstić information content (AvgIpc) is 2.25. The third kappa shape index (κ3) is 3.10. The van der Waals surface area contributed by atoms with Crippen molar-refractivity contribution in [3.63, 3.8) is 0 Å². The lowest BCUT2D eigenvalue weighted by molar-refractivity contribution is -0.142. The molecule has 1 aliphatic heterocycles. The van der Waals surface area contributed by atoms with Crippen LogP contribution >= 0.6 is 0 Å². The van der Waals surface area contributed by atoms with Crippen LogP contribution in [0.5, 0.6) is 0 Å². The van der Waals surface area contributed by atoms with E-state index in [9.17, 15) is 13.2 Å². The minimum Gasteiger partial charge on any atom is -0.481 e. The first kappa shape index (κ1) is 14.8. The Balaban J connectivity index is 2.06. The summed E-state index contributed by atoms with van der Waals surface area (Å²) in [5, 5.41) is 8.82. The first-order valence-corrected chi connectivity index (χ1v) is 7.88. The number of anilines is 1. The van der Waals surface area contributed by atoms with E-state index in [1.165, 1.54) is 12.1 Å². The van der Waals surface area contributed by atoms with Crippen molar-refractivity contribution in [3.05, 3.63) is 24.3 Å². The Morgan fingerprint density at radius 3 is 2.30 bits per heavy atom. The first-order chi connectivity index (χ1) is 9.29. The van der Waals surface area contributed by atoms with Crippen LogP contribution < -0.4 is 9.62 Å². The number of nitrogens with zero attached hydrogens (tertiary/aromatic N) is 1. The fourth-order valence-corrected chi connectivity index (χ4v) is 3.31. The highest BCUT2D eigenvalue weighted by atomic mass is 32.2. The van der Waals surface area contributed by atoms with Gasteiger partial charge in [-0.3, -0.25) is 4.79 Å². The van der Waals surface area contributed by atoms with E-state index in [1.807, 2.05) is 4.90 Å². The molecule has 6 nitrogen and oxygen atoms in total. The van der Waals surface area contributed by atoms with Gasteiger partial charge in [0.1, 0.15) is 0 Å². The van der Waals surface area contributed by atoms with Gasteiger partial charge in [-0.05, 0) is 38.1 Å². The normalized spacial score (nSPS) is 16.2. The lowest BCUT2D eigenvalue weighted by Crippen LogP contribution is -2.50. The fourth-order valence-electron chi connectivity index (χ4n) is 2.06. The number of carboxylic acid groups (broad SMARTS) is 1. The van der Waals surface area contributed by atoms with Gasteiger partial charge in [0.05, 0.1) is 10.8 Å². The van der Waals surface area contributed by atoms with Crippen LogP contribution in [0.4, 0.5) is 5.69 Å². The first-order valence-electron chi connectivity index (χ1n) is 6.40. The van der Waals surface area contributed by atoms with Crippen molar-refractivity contribution in [2.45, 2.75) is 24.8 Å². The van der Waals surface area contributed by atoms with Crippen LogP contribution in [0.1, 0.15) is 13.8 Å². The van der Waals surface area contributed by atoms with Crippen molar-refractivity contribution >= 4 is 21.7 Å². The van der Waals surface area contributed by atoms with Gasteiger partial charge in [0.15, 0.2) is 0 Å². The predicted octanol–water partition coefficient (Wildman–Crippen LogP) is 0.894. The number of hydrogen-bond acceptors (Lipinski definition) is 4. The largest absolute Gasteiger partial charge is 0.481 e. The third-order valence-electron chi connectivity index (χ3n) is 3.13. The summed E-state index contributed by atoms with van der Waals surface area (Å²) in [6.07, 6.45) is 0. The lowest BCUT2D eigenvalue weighted by Gasteiger charge is -2.38. The van der Waals surface area contributed by atoms with Gasteiger partial charge in [-0.1, -0.05) is 0 Å². The van der Waals surface area contributed by atoms with Gasteiger partial charge in [-0.15, -0.1) is 0 Å². The van der Waals surface area contributed by atoms with Gasteiger partial charge in [0.2, 0.25) is 10.0 Å². The maximum atomic E-state index is 11.9. The molecule has 0 spiro atoms. The Hall–Kier alpha value is -1.60. The summed E-state index contributed by atoms with van der Waals surface area (Å²) in [7, 11) is -3.48. The van der Waals surface area contributed by atoms with Crippen LogP contribution in [-0.4, -0.2) is 38.6 Å². The molecular weight excluding hydrogens is 280 g/mol. The second kappa shape index (κ2) is 5.41. The molecule has 20 heavy (non-hydrogen) atoms. The van der Waals surface area contributed by atoms with E-state index in [1.54, 1.807) is 26.0 Å². The number of benzene rings is 1. The van der Waals surface area contributed by atoms with E-state index in [4.69, 9.17) is 5.11 Å². The maximum Gasteiger partial charge on any atom is 0.310 e. The zero-order chi connectivity index (χ0) is 14.9. The molecule has 0 atom stereocenters. The van der Waals surface area contributed by atoms with Gasteiger partial charge < -0.3 is 10.0 Å². The Morgan fingerprint density at radius 1 is 1.30 bits per heavy atom. The second-order valence-corrected chi connectivity index (χ2v) is 6.92. The standard InChI is InChI=1S/C13H18N2O4S/c1-9(2)14-20(18,19)12-5-3-11(4-6-12)15-7-10(8-15)13(16)17/h3-6,9-10,14H,7-8H2,1-2H3,(H,16,17). The number of hydrogen-bond donors (Lipinski definition) is 2. The van der Waals surface area contributed by atoms with Gasteiger partial charge in [-0.25, -0.2) is 13.1 Å². The molecule has 110 valence electrons. The van der Waals surface area contributed by atoms with Crippen molar-refractivity contribution in [1.82, 2.24) is 4.72 Å². The van der Waals surface area contributed by atoms with Crippen molar-refractivity contribution in [1.29, 1.82) is 0 Å². The summed E-state index contributed by atoms with van der Waals surface area (Å²) in [6, 6.07) is 6.31. The van der Waals surface area contributed by atoms with Gasteiger partial charge in [-0.2, -0.15) is 0 Å². The van der Waals surface area contributed by atoms with Crippen molar-refractivity contribution in [2.24, 2.45) is 5.92 Å². The Kier molecular flexibility index (Phi) is 4.01. The number of sulfonamides is 1. The molecule has 1 aromatic rings. The van der Waals surface area contributed by atoms with Gasteiger partial charge in [0, 0.05) is 24.8 Å². The quantitative estimate of drug-likeness (QED) is 0.843. The smallest absolute Gasteiger partial charge is 0.310 e. The molecule has 0 aliphatic carbocycles.